The molecule has 4 aromatic rings. The van der Waals surface area contributed by atoms with Crippen LogP contribution < -0.4 is 0 Å². The Labute approximate surface area is 170 Å². The third kappa shape index (κ3) is 3.44. The Kier molecular flexibility index (Phi) is 4.44. The van der Waals surface area contributed by atoms with E-state index in [0.717, 1.165) is 11.1 Å². The molecule has 1 fully saturated rings. The minimum atomic E-state index is -0.254. The summed E-state index contributed by atoms with van der Waals surface area (Å²) in [5.74, 6) is 0.354. The van der Waals surface area contributed by atoms with Crippen LogP contribution in [0.15, 0.2) is 72.9 Å². The molecule has 0 saturated heterocycles. The van der Waals surface area contributed by atoms with Crippen LogP contribution in [0.4, 0.5) is 0 Å². The van der Waals surface area contributed by atoms with E-state index in [9.17, 15) is 4.79 Å². The summed E-state index contributed by atoms with van der Waals surface area (Å²) in [6.07, 6.45) is 5.19. The number of fused-ring (bicyclic) bond motifs is 1. The van der Waals surface area contributed by atoms with Crippen LogP contribution in [0, 0.1) is 0 Å². The summed E-state index contributed by atoms with van der Waals surface area (Å²) in [7, 11) is 1.45. The number of H-pyrrole nitrogens is 1. The molecule has 3 heteroatoms. The molecule has 29 heavy (non-hydrogen) atoms. The van der Waals surface area contributed by atoms with E-state index >= 15 is 0 Å². The van der Waals surface area contributed by atoms with Crippen molar-refractivity contribution in [1.29, 1.82) is 0 Å². The van der Waals surface area contributed by atoms with Gasteiger partial charge in [0.15, 0.2) is 0 Å². The highest BCUT2D eigenvalue weighted by molar-refractivity contribution is 5.96. The van der Waals surface area contributed by atoms with Gasteiger partial charge in [0.05, 0.1) is 12.7 Å². The fourth-order valence-corrected chi connectivity index (χ4v) is 4.07. The molecule has 3 aromatic carbocycles. The van der Waals surface area contributed by atoms with Gasteiger partial charge in [-0.3, -0.25) is 0 Å². The van der Waals surface area contributed by atoms with Gasteiger partial charge in [-0.15, -0.1) is 0 Å². The van der Waals surface area contributed by atoms with E-state index in [1.807, 2.05) is 12.1 Å². The topological polar surface area (TPSA) is 42.1 Å². The summed E-state index contributed by atoms with van der Waals surface area (Å²) in [6.45, 7) is 0. The molecule has 0 aliphatic heterocycles. The van der Waals surface area contributed by atoms with E-state index < -0.39 is 0 Å². The molecule has 1 heterocycles. The van der Waals surface area contributed by atoms with Gasteiger partial charge in [0, 0.05) is 22.7 Å². The standard InChI is InChI=1S/C26H23NO2/c1-29-26(28)22-15-20(18-8-9-18)10-11-21(22)13-17-7-12-25-23(14-17)24(16-27-25)19-5-3-2-4-6-19/h2-7,10-12,14-16,18,27H,8-9,13H2,1H3. The van der Waals surface area contributed by atoms with Gasteiger partial charge >= 0.3 is 5.97 Å². The molecule has 0 amide bonds. The lowest BCUT2D eigenvalue weighted by Crippen LogP contribution is -2.07. The van der Waals surface area contributed by atoms with Crippen LogP contribution in [0.1, 0.15) is 45.8 Å². The number of aromatic nitrogens is 1. The molecule has 3 nitrogen and oxygen atoms in total. The van der Waals surface area contributed by atoms with Crippen molar-refractivity contribution in [3.63, 3.8) is 0 Å². The van der Waals surface area contributed by atoms with Gasteiger partial charge in [-0.2, -0.15) is 0 Å². The van der Waals surface area contributed by atoms with Gasteiger partial charge in [-0.1, -0.05) is 48.5 Å². The maximum Gasteiger partial charge on any atom is 0.338 e. The Balaban J connectivity index is 1.53. The quantitative estimate of drug-likeness (QED) is 0.425. The van der Waals surface area contributed by atoms with Gasteiger partial charge in [0.25, 0.3) is 0 Å². The van der Waals surface area contributed by atoms with Crippen molar-refractivity contribution in [3.05, 3.63) is 95.2 Å². The average molecular weight is 381 g/mol. The number of carbonyl (C=O) groups is 1. The molecule has 5 rings (SSSR count). The normalized spacial score (nSPS) is 13.6. The third-order valence-corrected chi connectivity index (χ3v) is 5.81. The zero-order valence-corrected chi connectivity index (χ0v) is 16.4. The zero-order chi connectivity index (χ0) is 19.8. The van der Waals surface area contributed by atoms with E-state index in [0.29, 0.717) is 17.9 Å². The molecule has 0 atom stereocenters. The Bertz CT molecular complexity index is 1190. The van der Waals surface area contributed by atoms with Crippen molar-refractivity contribution in [2.75, 3.05) is 7.11 Å². The van der Waals surface area contributed by atoms with Crippen LogP contribution >= 0.6 is 0 Å². The van der Waals surface area contributed by atoms with E-state index in [1.54, 1.807) is 0 Å². The van der Waals surface area contributed by atoms with E-state index in [4.69, 9.17) is 4.74 Å². The number of rotatable bonds is 5. The number of ether oxygens (including phenoxy) is 1. The van der Waals surface area contributed by atoms with Gasteiger partial charge < -0.3 is 9.72 Å². The van der Waals surface area contributed by atoms with Gasteiger partial charge in [-0.05, 0) is 65.6 Å². The Morgan fingerprint density at radius 2 is 1.86 bits per heavy atom. The maximum absolute atomic E-state index is 12.4. The summed E-state index contributed by atoms with van der Waals surface area (Å²) in [5, 5.41) is 1.20. The minimum absolute atomic E-state index is 0.254. The predicted molar refractivity (Wildman–Crippen MR) is 116 cm³/mol. The Hall–Kier alpha value is -3.33. The number of carbonyl (C=O) groups excluding carboxylic acids is 1. The molecule has 1 N–H and O–H groups in total. The highest BCUT2D eigenvalue weighted by Crippen LogP contribution is 2.41. The largest absolute Gasteiger partial charge is 0.465 e. The van der Waals surface area contributed by atoms with Crippen LogP contribution in [-0.4, -0.2) is 18.1 Å². The number of benzene rings is 3. The molecule has 0 spiro atoms. The van der Waals surface area contributed by atoms with Crippen molar-refractivity contribution in [2.24, 2.45) is 0 Å². The lowest BCUT2D eigenvalue weighted by molar-refractivity contribution is 0.0599. The van der Waals surface area contributed by atoms with Crippen LogP contribution in [0.5, 0.6) is 0 Å². The van der Waals surface area contributed by atoms with Crippen LogP contribution in [0.25, 0.3) is 22.0 Å². The van der Waals surface area contributed by atoms with Crippen molar-refractivity contribution in [3.8, 4) is 11.1 Å². The van der Waals surface area contributed by atoms with E-state index in [1.165, 1.54) is 47.6 Å². The smallest absolute Gasteiger partial charge is 0.338 e. The molecule has 0 bridgehead atoms. The van der Waals surface area contributed by atoms with Gasteiger partial charge in [0.2, 0.25) is 0 Å². The van der Waals surface area contributed by atoms with E-state index in [2.05, 4.69) is 65.8 Å². The van der Waals surface area contributed by atoms with Crippen LogP contribution in [-0.2, 0) is 11.2 Å². The monoisotopic (exact) mass is 381 g/mol. The first-order chi connectivity index (χ1) is 14.2. The van der Waals surface area contributed by atoms with Gasteiger partial charge in [0.1, 0.15) is 0 Å². The highest BCUT2D eigenvalue weighted by Gasteiger charge is 2.25. The molecule has 0 radical (unpaired) electrons. The molecule has 1 saturated carbocycles. The Morgan fingerprint density at radius 3 is 2.62 bits per heavy atom. The molecule has 144 valence electrons. The summed E-state index contributed by atoms with van der Waals surface area (Å²) in [6, 6.07) is 23.2. The predicted octanol–water partition coefficient (Wildman–Crippen LogP) is 6.09. The molecule has 1 aliphatic carbocycles. The van der Waals surface area contributed by atoms with E-state index in [-0.39, 0.29) is 5.97 Å². The fourth-order valence-electron chi connectivity index (χ4n) is 4.07. The molecular weight excluding hydrogens is 358 g/mol. The number of nitrogens with one attached hydrogen (secondary N) is 1. The first-order valence-electron chi connectivity index (χ1n) is 10.1. The lowest BCUT2D eigenvalue weighted by atomic mass is 9.95. The number of aromatic amines is 1. The van der Waals surface area contributed by atoms with Crippen molar-refractivity contribution in [1.82, 2.24) is 4.98 Å². The van der Waals surface area contributed by atoms with Crippen LogP contribution in [0.3, 0.4) is 0 Å². The van der Waals surface area contributed by atoms with Crippen molar-refractivity contribution < 1.29 is 9.53 Å². The first-order valence-corrected chi connectivity index (χ1v) is 10.1. The third-order valence-electron chi connectivity index (χ3n) is 5.81. The first kappa shape index (κ1) is 17.7. The number of hydrogen-bond donors (Lipinski definition) is 1. The van der Waals surface area contributed by atoms with Gasteiger partial charge in [-0.25, -0.2) is 4.79 Å². The zero-order valence-electron chi connectivity index (χ0n) is 16.4. The minimum Gasteiger partial charge on any atom is -0.465 e. The molecule has 1 aliphatic rings. The second kappa shape index (κ2) is 7.25. The summed E-state index contributed by atoms with van der Waals surface area (Å²) < 4.78 is 5.06. The summed E-state index contributed by atoms with van der Waals surface area (Å²) >= 11 is 0. The fraction of sp³-hybridized carbons (Fsp3) is 0.192. The number of esters is 1. The number of hydrogen-bond acceptors (Lipinski definition) is 2. The van der Waals surface area contributed by atoms with Crippen molar-refractivity contribution in [2.45, 2.75) is 25.2 Å². The second-order valence-electron chi connectivity index (χ2n) is 7.81. The summed E-state index contributed by atoms with van der Waals surface area (Å²) in [4.78, 5) is 15.8. The number of methoxy groups -OCH3 is 1. The van der Waals surface area contributed by atoms with Crippen molar-refractivity contribution >= 4 is 16.9 Å². The molecule has 0 unspecified atom stereocenters. The average Bonchev–Trinajstić information content (AvgIpc) is 3.53. The maximum atomic E-state index is 12.4. The summed E-state index contributed by atoms with van der Waals surface area (Å²) in [5.41, 5.74) is 7.64. The molecular formula is C26H23NO2. The lowest BCUT2D eigenvalue weighted by Gasteiger charge is -2.11. The molecule has 1 aromatic heterocycles. The second-order valence-corrected chi connectivity index (χ2v) is 7.81. The SMILES string of the molecule is COC(=O)c1cc(C2CC2)ccc1Cc1ccc2[nH]cc(-c3ccccc3)c2c1. The van der Waals surface area contributed by atoms with Crippen LogP contribution in [0.2, 0.25) is 0 Å². The highest BCUT2D eigenvalue weighted by atomic mass is 16.5. The Morgan fingerprint density at radius 1 is 1.03 bits per heavy atom.